The van der Waals surface area contributed by atoms with E-state index in [4.69, 9.17) is 14.2 Å². The number of nitrogens with zero attached hydrogens (tertiary/aromatic N) is 1. The molecule has 0 fully saturated rings. The summed E-state index contributed by atoms with van der Waals surface area (Å²) in [5, 5.41) is 0. The van der Waals surface area contributed by atoms with E-state index in [0.717, 1.165) is 19.3 Å². The van der Waals surface area contributed by atoms with E-state index in [1.54, 1.807) is 0 Å². The molecule has 536 valence electrons. The topological polar surface area (TPSA) is 40.0 Å². The SMILES string of the molecule is CCCCCCc1ccc(N=Cc2ccc(OCCCCC(F)(F)C(F)(F)C(F)(F)C(F)(F)C(F)(F)C(F)(F)F)c(OCCCCC(F)(F)C(F)(F)C(F)(F)C(F)(F)C(F)(F)C(F)(F)F)c2OCCCCC(F)(F)C(F)(F)C(F)(F)C(F)(F)C(F)(F)C(F)(F)F)cc1. The molecule has 2 rings (SSSR count). The molecule has 4 nitrogen and oxygen atoms in total. The zero-order chi connectivity index (χ0) is 72.3. The second-order valence-corrected chi connectivity index (χ2v) is 20.0. The Morgan fingerprint density at radius 3 is 0.924 bits per heavy atom. The zero-order valence-electron chi connectivity index (χ0n) is 45.5. The molecule has 0 bridgehead atoms. The molecule has 0 unspecified atom stereocenters. The van der Waals surface area contributed by atoms with Crippen molar-refractivity contribution in [2.45, 2.75) is 204 Å². The van der Waals surface area contributed by atoms with Crippen molar-refractivity contribution in [3.63, 3.8) is 0 Å². The number of unbranched alkanes of at least 4 members (excludes halogenated alkanes) is 6. The van der Waals surface area contributed by atoms with Gasteiger partial charge in [-0.3, -0.25) is 4.99 Å². The van der Waals surface area contributed by atoms with E-state index in [1.807, 2.05) is 6.92 Å². The zero-order valence-corrected chi connectivity index (χ0v) is 45.5. The van der Waals surface area contributed by atoms with Crippen LogP contribution in [0.3, 0.4) is 0 Å². The van der Waals surface area contributed by atoms with E-state index in [1.165, 1.54) is 24.3 Å². The summed E-state index contributed by atoms with van der Waals surface area (Å²) < 4.78 is 550. The van der Waals surface area contributed by atoms with Crippen molar-refractivity contribution < 1.29 is 185 Å². The highest BCUT2D eigenvalue weighted by atomic mass is 19.5. The van der Waals surface area contributed by atoms with Gasteiger partial charge in [0.15, 0.2) is 11.5 Å². The molecule has 0 atom stereocenters. The van der Waals surface area contributed by atoms with Crippen LogP contribution >= 0.6 is 0 Å². The van der Waals surface area contributed by atoms with E-state index in [2.05, 4.69) is 4.99 Å². The molecule has 43 heteroatoms. The number of benzene rings is 2. The van der Waals surface area contributed by atoms with Gasteiger partial charge in [-0.2, -0.15) is 171 Å². The second-order valence-electron chi connectivity index (χ2n) is 20.0. The molecular formula is C49H44F39NO3. The third-order valence-corrected chi connectivity index (χ3v) is 13.1. The molecular weight excluding hydrogens is 1390 g/mol. The fourth-order valence-corrected chi connectivity index (χ4v) is 7.46. The maximum Gasteiger partial charge on any atom is 0.460 e. The van der Waals surface area contributed by atoms with Crippen LogP contribution in [-0.2, 0) is 6.42 Å². The molecule has 0 aliphatic carbocycles. The molecule has 0 N–H and O–H groups in total. The second kappa shape index (κ2) is 27.9. The minimum Gasteiger partial charge on any atom is -0.490 e. The third kappa shape index (κ3) is 15.7. The first-order valence-corrected chi connectivity index (χ1v) is 25.5. The van der Waals surface area contributed by atoms with Crippen LogP contribution in [0.5, 0.6) is 17.2 Å². The highest BCUT2D eigenvalue weighted by Crippen LogP contribution is 2.64. The lowest BCUT2D eigenvalue weighted by atomic mass is 9.92. The Morgan fingerprint density at radius 1 is 0.304 bits per heavy atom. The lowest BCUT2D eigenvalue weighted by Gasteiger charge is -2.39. The van der Waals surface area contributed by atoms with Crippen molar-refractivity contribution in [3.8, 4) is 17.2 Å². The van der Waals surface area contributed by atoms with E-state index in [-0.39, 0.29) is 5.69 Å². The lowest BCUT2D eigenvalue weighted by molar-refractivity contribution is -0.440. The highest BCUT2D eigenvalue weighted by Gasteiger charge is 2.93. The molecule has 92 heavy (non-hydrogen) atoms. The minimum absolute atomic E-state index is 0.0595. The number of rotatable bonds is 37. The maximum atomic E-state index is 14.6. The number of aliphatic imine (C=N–C) groups is 1. The Labute approximate surface area is 491 Å². The van der Waals surface area contributed by atoms with E-state index < -0.39 is 208 Å². The molecule has 0 aromatic heterocycles. The lowest BCUT2D eigenvalue weighted by Crippen LogP contribution is -2.70. The molecule has 0 aliphatic heterocycles. The predicted octanol–water partition coefficient (Wildman–Crippen LogP) is 21.4. The van der Waals surface area contributed by atoms with Crippen molar-refractivity contribution in [1.82, 2.24) is 0 Å². The smallest absolute Gasteiger partial charge is 0.460 e. The van der Waals surface area contributed by atoms with Crippen LogP contribution in [-0.4, -0.2) is 133 Å². The average molecular weight is 1440 g/mol. The van der Waals surface area contributed by atoms with Gasteiger partial charge in [0.25, 0.3) is 0 Å². The molecule has 2 aromatic carbocycles. The number of ether oxygens (including phenoxy) is 3. The van der Waals surface area contributed by atoms with E-state index >= 15 is 0 Å². The average Bonchev–Trinajstić information content (AvgIpc) is 0.728. The van der Waals surface area contributed by atoms with Crippen molar-refractivity contribution in [2.75, 3.05) is 19.8 Å². The highest BCUT2D eigenvalue weighted by molar-refractivity contribution is 5.87. The summed E-state index contributed by atoms with van der Waals surface area (Å²) >= 11 is 0. The number of alkyl halides is 39. The fourth-order valence-electron chi connectivity index (χ4n) is 7.46. The molecule has 0 saturated heterocycles. The number of halogens is 39. The van der Waals surface area contributed by atoms with Gasteiger partial charge in [-0.15, -0.1) is 0 Å². The molecule has 0 saturated carbocycles. The van der Waals surface area contributed by atoms with Gasteiger partial charge in [0, 0.05) is 31.0 Å². The maximum absolute atomic E-state index is 14.6. The largest absolute Gasteiger partial charge is 0.490 e. The van der Waals surface area contributed by atoms with Crippen LogP contribution in [0.25, 0.3) is 0 Å². The Hall–Kier alpha value is -5.22. The Morgan fingerprint density at radius 2 is 0.609 bits per heavy atom. The summed E-state index contributed by atoms with van der Waals surface area (Å²) in [6.45, 7) is -2.43. The number of hydrogen-bond donors (Lipinski definition) is 0. The predicted molar refractivity (Wildman–Crippen MR) is 238 cm³/mol. The van der Waals surface area contributed by atoms with Gasteiger partial charge in [0.05, 0.1) is 25.5 Å². The van der Waals surface area contributed by atoms with Crippen molar-refractivity contribution in [2.24, 2.45) is 4.99 Å². The standard InChI is InChI=1S/C49H44F39NO3/c1-2-3-4-5-12-26-13-16-28(17-14-26)89-25-27-15-18-29(90-22-9-6-19-32(50,51)35(56,57)38(62,63)41(68,69)44(74,75)47(80,81)82)31(92-24-11-8-21-34(54,55)37(60,61)40(66,67)43(72,73)46(78,79)49(86,87)88)30(27)91-23-10-7-20-33(52,53)36(58,59)39(64,65)42(70,71)45(76,77)48(83,84)85/h13-18,25H,2-12,19-24H2,1H3. The molecule has 2 aromatic rings. The van der Waals surface area contributed by atoms with Crippen LogP contribution in [0, 0.1) is 0 Å². The monoisotopic (exact) mass is 1440 g/mol. The van der Waals surface area contributed by atoms with Gasteiger partial charge in [-0.05, 0) is 81.2 Å². The first-order valence-electron chi connectivity index (χ1n) is 25.5. The van der Waals surface area contributed by atoms with Gasteiger partial charge in [0.2, 0.25) is 5.75 Å². The van der Waals surface area contributed by atoms with Gasteiger partial charge in [0.1, 0.15) is 0 Å². The molecule has 0 spiro atoms. The first kappa shape index (κ1) is 82.9. The Balaban J connectivity index is 2.74. The van der Waals surface area contributed by atoms with Crippen LogP contribution in [0.1, 0.15) is 102 Å². The fraction of sp³-hybridized carbons (Fsp3) is 0.735. The van der Waals surface area contributed by atoms with Gasteiger partial charge >= 0.3 is 107 Å². The Bertz CT molecular complexity index is 2710. The third-order valence-electron chi connectivity index (χ3n) is 13.1. The summed E-state index contributed by atoms with van der Waals surface area (Å²) in [6.07, 6.45) is -37.2. The summed E-state index contributed by atoms with van der Waals surface area (Å²) in [5.41, 5.74) is -0.0309. The van der Waals surface area contributed by atoms with Crippen LogP contribution in [0.2, 0.25) is 0 Å². The van der Waals surface area contributed by atoms with Crippen molar-refractivity contribution >= 4 is 11.9 Å². The minimum atomic E-state index is -8.34. The summed E-state index contributed by atoms with van der Waals surface area (Å²) in [5.74, 6) is -121. The van der Waals surface area contributed by atoms with Crippen LogP contribution in [0.15, 0.2) is 41.4 Å². The molecule has 0 radical (unpaired) electrons. The van der Waals surface area contributed by atoms with Gasteiger partial charge < -0.3 is 14.2 Å². The van der Waals surface area contributed by atoms with Crippen molar-refractivity contribution in [1.29, 1.82) is 0 Å². The summed E-state index contributed by atoms with van der Waals surface area (Å²) in [6, 6.07) is 6.79. The summed E-state index contributed by atoms with van der Waals surface area (Å²) in [4.78, 5) is 4.00. The number of hydrogen-bond acceptors (Lipinski definition) is 4. The molecule has 0 amide bonds. The van der Waals surface area contributed by atoms with Gasteiger partial charge in [-0.1, -0.05) is 38.3 Å². The molecule has 0 heterocycles. The summed E-state index contributed by atoms with van der Waals surface area (Å²) in [7, 11) is 0. The first-order chi connectivity index (χ1) is 40.9. The van der Waals surface area contributed by atoms with E-state index in [0.29, 0.717) is 36.8 Å². The van der Waals surface area contributed by atoms with Crippen molar-refractivity contribution in [3.05, 3.63) is 47.5 Å². The normalized spacial score (nSPS) is 15.2. The molecule has 0 aliphatic rings. The van der Waals surface area contributed by atoms with Crippen LogP contribution in [0.4, 0.5) is 177 Å². The Kier molecular flexibility index (Phi) is 25.1. The van der Waals surface area contributed by atoms with Crippen LogP contribution < -0.4 is 14.2 Å². The van der Waals surface area contributed by atoms with E-state index in [9.17, 15) is 171 Å². The quantitative estimate of drug-likeness (QED) is 0.0385. The van der Waals surface area contributed by atoms with Gasteiger partial charge in [-0.25, -0.2) is 0 Å². The number of aryl methyl sites for hydroxylation is 1.